The molecular weight excluding hydrogens is 244 g/mol. The Morgan fingerprint density at radius 2 is 2.11 bits per heavy atom. The Morgan fingerprint density at radius 3 is 2.78 bits per heavy atom. The molecule has 0 aliphatic carbocycles. The number of aryl methyl sites for hydroxylation is 2. The summed E-state index contributed by atoms with van der Waals surface area (Å²) >= 11 is 1.66. The maximum Gasteiger partial charge on any atom is 0.144 e. The van der Waals surface area contributed by atoms with E-state index < -0.39 is 0 Å². The number of hydrogen-bond acceptors (Lipinski definition) is 5. The Labute approximate surface area is 110 Å². The molecule has 2 aromatic rings. The molecule has 0 unspecified atom stereocenters. The zero-order valence-corrected chi connectivity index (χ0v) is 11.2. The van der Waals surface area contributed by atoms with E-state index in [4.69, 9.17) is 5.26 Å². The second-order valence-electron chi connectivity index (χ2n) is 4.02. The minimum absolute atomic E-state index is 0.580. The zero-order chi connectivity index (χ0) is 13.0. The van der Waals surface area contributed by atoms with Gasteiger partial charge in [0.2, 0.25) is 0 Å². The average molecular weight is 258 g/mol. The fraction of sp³-hybridized carbons (Fsp3) is 0.308. The first-order valence-electron chi connectivity index (χ1n) is 5.71. The minimum atomic E-state index is 0.580. The fourth-order valence-corrected chi connectivity index (χ4v) is 2.36. The van der Waals surface area contributed by atoms with E-state index in [9.17, 15) is 0 Å². The van der Waals surface area contributed by atoms with Gasteiger partial charge in [-0.25, -0.2) is 9.97 Å². The third kappa shape index (κ3) is 3.05. The molecule has 0 aromatic carbocycles. The maximum atomic E-state index is 8.99. The van der Waals surface area contributed by atoms with Crippen LogP contribution in [0.25, 0.3) is 0 Å². The van der Waals surface area contributed by atoms with Crippen LogP contribution in [0.5, 0.6) is 0 Å². The molecule has 4 nitrogen and oxygen atoms in total. The summed E-state index contributed by atoms with van der Waals surface area (Å²) in [6.07, 6.45) is 0.846. The van der Waals surface area contributed by atoms with Crippen molar-refractivity contribution in [1.82, 2.24) is 9.97 Å². The lowest BCUT2D eigenvalue weighted by atomic mass is 10.2. The third-order valence-corrected chi connectivity index (χ3v) is 3.48. The molecule has 0 fully saturated rings. The van der Waals surface area contributed by atoms with Crippen molar-refractivity contribution < 1.29 is 0 Å². The Hall–Kier alpha value is -1.93. The van der Waals surface area contributed by atoms with Gasteiger partial charge in [0.05, 0.1) is 10.6 Å². The molecule has 0 radical (unpaired) electrons. The van der Waals surface area contributed by atoms with Crippen molar-refractivity contribution in [1.29, 1.82) is 5.26 Å². The normalized spacial score (nSPS) is 10.1. The number of thiazole rings is 1. The van der Waals surface area contributed by atoms with Crippen LogP contribution in [0.4, 0.5) is 5.82 Å². The number of rotatable bonds is 4. The van der Waals surface area contributed by atoms with E-state index in [1.165, 1.54) is 0 Å². The minimum Gasteiger partial charge on any atom is -0.369 e. The first-order valence-corrected chi connectivity index (χ1v) is 6.59. The largest absolute Gasteiger partial charge is 0.369 e. The molecule has 0 spiro atoms. The van der Waals surface area contributed by atoms with E-state index >= 15 is 0 Å². The van der Waals surface area contributed by atoms with Gasteiger partial charge in [-0.1, -0.05) is 0 Å². The molecule has 2 aromatic heterocycles. The summed E-state index contributed by atoms with van der Waals surface area (Å²) in [6, 6.07) is 5.77. The van der Waals surface area contributed by atoms with Crippen molar-refractivity contribution in [3.05, 3.63) is 39.5 Å². The molecule has 0 atom stereocenters. The van der Waals surface area contributed by atoms with Crippen LogP contribution < -0.4 is 5.32 Å². The predicted octanol–water partition coefficient (Wildman–Crippen LogP) is 2.68. The molecule has 2 rings (SSSR count). The van der Waals surface area contributed by atoms with Crippen LogP contribution in [0.2, 0.25) is 0 Å². The molecule has 0 aliphatic heterocycles. The van der Waals surface area contributed by atoms with Crippen LogP contribution in [0.15, 0.2) is 17.5 Å². The summed E-state index contributed by atoms with van der Waals surface area (Å²) < 4.78 is 0. The van der Waals surface area contributed by atoms with Crippen LogP contribution >= 0.6 is 11.3 Å². The van der Waals surface area contributed by atoms with Crippen LogP contribution in [0.1, 0.15) is 22.0 Å². The quantitative estimate of drug-likeness (QED) is 0.916. The lowest BCUT2D eigenvalue weighted by molar-refractivity contribution is 0.973. The summed E-state index contributed by atoms with van der Waals surface area (Å²) in [7, 11) is 0. The van der Waals surface area contributed by atoms with Gasteiger partial charge in [-0.3, -0.25) is 0 Å². The molecule has 0 bridgehead atoms. The van der Waals surface area contributed by atoms with Gasteiger partial charge < -0.3 is 5.32 Å². The molecule has 0 saturated heterocycles. The zero-order valence-electron chi connectivity index (χ0n) is 10.4. The van der Waals surface area contributed by atoms with Gasteiger partial charge in [0.25, 0.3) is 0 Å². The SMILES string of the molecule is Cc1csc(CCNc2nc(C)ccc2C#N)n1. The van der Waals surface area contributed by atoms with Crippen molar-refractivity contribution in [2.24, 2.45) is 0 Å². The number of nitrogens with one attached hydrogen (secondary N) is 1. The second kappa shape index (κ2) is 5.61. The maximum absolute atomic E-state index is 8.99. The van der Waals surface area contributed by atoms with Gasteiger partial charge in [0.1, 0.15) is 11.9 Å². The summed E-state index contributed by atoms with van der Waals surface area (Å²) in [6.45, 7) is 4.64. The van der Waals surface area contributed by atoms with Crippen LogP contribution in [-0.2, 0) is 6.42 Å². The van der Waals surface area contributed by atoms with Gasteiger partial charge in [0, 0.05) is 29.7 Å². The Balaban J connectivity index is 1.98. The molecule has 2 heterocycles. The van der Waals surface area contributed by atoms with Crippen molar-refractivity contribution in [2.75, 3.05) is 11.9 Å². The average Bonchev–Trinajstić information content (AvgIpc) is 2.75. The van der Waals surface area contributed by atoms with E-state index in [0.29, 0.717) is 11.4 Å². The van der Waals surface area contributed by atoms with Crippen molar-refractivity contribution in [3.63, 3.8) is 0 Å². The number of aromatic nitrogens is 2. The highest BCUT2D eigenvalue weighted by Gasteiger charge is 2.04. The highest BCUT2D eigenvalue weighted by atomic mass is 32.1. The molecule has 0 amide bonds. The Morgan fingerprint density at radius 1 is 1.28 bits per heavy atom. The number of pyridine rings is 1. The fourth-order valence-electron chi connectivity index (χ4n) is 1.59. The predicted molar refractivity (Wildman–Crippen MR) is 72.7 cm³/mol. The number of nitrogens with zero attached hydrogens (tertiary/aromatic N) is 3. The molecule has 0 aliphatic rings. The number of hydrogen-bond donors (Lipinski definition) is 1. The van der Waals surface area contributed by atoms with Crippen LogP contribution in [0.3, 0.4) is 0 Å². The van der Waals surface area contributed by atoms with E-state index in [2.05, 4.69) is 21.4 Å². The van der Waals surface area contributed by atoms with Gasteiger partial charge in [0.15, 0.2) is 0 Å². The Kier molecular flexibility index (Phi) is 3.90. The summed E-state index contributed by atoms with van der Waals surface area (Å²) in [5, 5.41) is 15.3. The van der Waals surface area contributed by atoms with Gasteiger partial charge in [-0.2, -0.15) is 5.26 Å². The smallest absolute Gasteiger partial charge is 0.144 e. The van der Waals surface area contributed by atoms with E-state index in [1.54, 1.807) is 17.4 Å². The molecule has 18 heavy (non-hydrogen) atoms. The highest BCUT2D eigenvalue weighted by Crippen LogP contribution is 2.13. The van der Waals surface area contributed by atoms with Crippen LogP contribution in [-0.4, -0.2) is 16.5 Å². The molecule has 0 saturated carbocycles. The molecule has 5 heteroatoms. The summed E-state index contributed by atoms with van der Waals surface area (Å²) in [5.74, 6) is 0.658. The van der Waals surface area contributed by atoms with E-state index in [-0.39, 0.29) is 0 Å². The number of nitriles is 1. The number of anilines is 1. The lowest BCUT2D eigenvalue weighted by Crippen LogP contribution is -2.08. The van der Waals surface area contributed by atoms with E-state index in [1.807, 2.05) is 25.3 Å². The van der Waals surface area contributed by atoms with Crippen molar-refractivity contribution in [2.45, 2.75) is 20.3 Å². The first-order chi connectivity index (χ1) is 8.69. The first kappa shape index (κ1) is 12.5. The van der Waals surface area contributed by atoms with Gasteiger partial charge >= 0.3 is 0 Å². The van der Waals surface area contributed by atoms with Gasteiger partial charge in [-0.15, -0.1) is 11.3 Å². The third-order valence-electron chi connectivity index (χ3n) is 2.45. The summed E-state index contributed by atoms with van der Waals surface area (Å²) in [4.78, 5) is 8.72. The standard InChI is InChI=1S/C13H14N4S/c1-9-3-4-11(7-14)13(17-9)15-6-5-12-16-10(2)8-18-12/h3-4,8H,5-6H2,1-2H3,(H,15,17). The van der Waals surface area contributed by atoms with Crippen molar-refractivity contribution >= 4 is 17.2 Å². The van der Waals surface area contributed by atoms with E-state index in [0.717, 1.165) is 29.4 Å². The molecule has 92 valence electrons. The Bertz CT molecular complexity index is 583. The van der Waals surface area contributed by atoms with Gasteiger partial charge in [-0.05, 0) is 26.0 Å². The highest BCUT2D eigenvalue weighted by molar-refractivity contribution is 7.09. The van der Waals surface area contributed by atoms with Crippen LogP contribution in [0, 0.1) is 25.2 Å². The topological polar surface area (TPSA) is 61.6 Å². The second-order valence-corrected chi connectivity index (χ2v) is 4.96. The monoisotopic (exact) mass is 258 g/mol. The summed E-state index contributed by atoms with van der Waals surface area (Å²) in [5.41, 5.74) is 2.54. The molecule has 1 N–H and O–H groups in total. The molecular formula is C13H14N4S. The lowest BCUT2D eigenvalue weighted by Gasteiger charge is -2.06. The van der Waals surface area contributed by atoms with Crippen molar-refractivity contribution in [3.8, 4) is 6.07 Å².